The van der Waals surface area contributed by atoms with Crippen LogP contribution in [-0.4, -0.2) is 31.7 Å². The molecule has 1 unspecified atom stereocenters. The van der Waals surface area contributed by atoms with Crippen LogP contribution in [0.2, 0.25) is 0 Å². The summed E-state index contributed by atoms with van der Waals surface area (Å²) in [6, 6.07) is 9.62. The molecule has 0 bridgehead atoms. The third-order valence-corrected chi connectivity index (χ3v) is 4.43. The van der Waals surface area contributed by atoms with Gasteiger partial charge in [-0.25, -0.2) is 0 Å². The number of ether oxygens (including phenoxy) is 1. The second-order valence-electron chi connectivity index (χ2n) is 5.83. The van der Waals surface area contributed by atoms with E-state index in [0.717, 1.165) is 29.8 Å². The fourth-order valence-electron chi connectivity index (χ4n) is 2.97. The van der Waals surface area contributed by atoms with Crippen LogP contribution in [0.5, 0.6) is 0 Å². The van der Waals surface area contributed by atoms with Gasteiger partial charge in [-0.2, -0.15) is 0 Å². The lowest BCUT2D eigenvalue weighted by atomic mass is 9.91. The number of methoxy groups -OCH3 is 1. The van der Waals surface area contributed by atoms with Crippen molar-refractivity contribution in [3.8, 4) is 0 Å². The Labute approximate surface area is 130 Å². The summed E-state index contributed by atoms with van der Waals surface area (Å²) in [6.45, 7) is 3.51. The molecular formula is C17H22N2O3. The van der Waals surface area contributed by atoms with Gasteiger partial charge < -0.3 is 19.8 Å². The van der Waals surface area contributed by atoms with E-state index in [4.69, 9.17) is 9.15 Å². The maximum Gasteiger partial charge on any atom is 0.252 e. The second-order valence-corrected chi connectivity index (χ2v) is 5.83. The minimum Gasteiger partial charge on any atom is -0.459 e. The molecule has 2 aromatic rings. The zero-order valence-corrected chi connectivity index (χ0v) is 13.0. The van der Waals surface area contributed by atoms with E-state index in [1.165, 1.54) is 0 Å². The lowest BCUT2D eigenvalue weighted by Crippen LogP contribution is -2.54. The summed E-state index contributed by atoms with van der Waals surface area (Å²) in [5.74, 6) is 0.694. The van der Waals surface area contributed by atoms with E-state index >= 15 is 0 Å². The van der Waals surface area contributed by atoms with Gasteiger partial charge >= 0.3 is 0 Å². The number of benzene rings is 1. The molecule has 1 saturated heterocycles. The Morgan fingerprint density at radius 1 is 1.36 bits per heavy atom. The normalized spacial score (nSPS) is 19.0. The smallest absolute Gasteiger partial charge is 0.252 e. The molecular weight excluding hydrogens is 280 g/mol. The Hall–Kier alpha value is -1.85. The highest BCUT2D eigenvalue weighted by atomic mass is 16.5. The molecule has 0 radical (unpaired) electrons. The van der Waals surface area contributed by atoms with Gasteiger partial charge in [-0.05, 0) is 45.0 Å². The highest BCUT2D eigenvalue weighted by molar-refractivity contribution is 5.86. The maximum atomic E-state index is 12.6. The van der Waals surface area contributed by atoms with Gasteiger partial charge in [0.2, 0.25) is 0 Å². The van der Waals surface area contributed by atoms with E-state index in [9.17, 15) is 4.79 Å². The molecule has 0 spiro atoms. The predicted molar refractivity (Wildman–Crippen MR) is 84.6 cm³/mol. The van der Waals surface area contributed by atoms with Crippen molar-refractivity contribution in [2.75, 3.05) is 20.2 Å². The molecule has 22 heavy (non-hydrogen) atoms. The molecule has 5 heteroatoms. The van der Waals surface area contributed by atoms with Gasteiger partial charge in [-0.15, -0.1) is 0 Å². The van der Waals surface area contributed by atoms with Gasteiger partial charge in [0.05, 0.1) is 6.04 Å². The van der Waals surface area contributed by atoms with E-state index in [-0.39, 0.29) is 11.9 Å². The standard InChI is InChI=1S/C17H22N2O3/c1-12(15-11-13-5-3-4-6-14(13)22-15)19-16(20)17(21-2)7-9-18-10-8-17/h3-6,11-12,18H,7-10H2,1-2H3,(H,19,20). The molecule has 2 N–H and O–H groups in total. The zero-order chi connectivity index (χ0) is 15.6. The molecule has 118 valence electrons. The topological polar surface area (TPSA) is 63.5 Å². The van der Waals surface area contributed by atoms with Crippen LogP contribution in [0.25, 0.3) is 11.0 Å². The van der Waals surface area contributed by atoms with Crippen molar-refractivity contribution < 1.29 is 13.9 Å². The average Bonchev–Trinajstić information content (AvgIpc) is 2.99. The van der Waals surface area contributed by atoms with Gasteiger partial charge in [-0.3, -0.25) is 4.79 Å². The quantitative estimate of drug-likeness (QED) is 0.910. The number of furan rings is 1. The van der Waals surface area contributed by atoms with Crippen LogP contribution in [0.3, 0.4) is 0 Å². The first-order valence-electron chi connectivity index (χ1n) is 7.70. The Balaban J connectivity index is 1.75. The summed E-state index contributed by atoms with van der Waals surface area (Å²) >= 11 is 0. The van der Waals surface area contributed by atoms with Crippen LogP contribution < -0.4 is 10.6 Å². The lowest BCUT2D eigenvalue weighted by molar-refractivity contribution is -0.147. The van der Waals surface area contributed by atoms with Crippen molar-refractivity contribution >= 4 is 16.9 Å². The minimum absolute atomic E-state index is 0.0653. The highest BCUT2D eigenvalue weighted by Gasteiger charge is 2.40. The first kappa shape index (κ1) is 15.1. The maximum absolute atomic E-state index is 12.6. The number of piperidine rings is 1. The summed E-state index contributed by atoms with van der Waals surface area (Å²) in [7, 11) is 1.61. The van der Waals surface area contributed by atoms with Crippen molar-refractivity contribution in [1.82, 2.24) is 10.6 Å². The van der Waals surface area contributed by atoms with E-state index in [2.05, 4.69) is 10.6 Å². The Kier molecular flexibility index (Phi) is 4.18. The minimum atomic E-state index is -0.731. The Morgan fingerprint density at radius 2 is 2.09 bits per heavy atom. The summed E-state index contributed by atoms with van der Waals surface area (Å²) in [5, 5.41) is 7.33. The SMILES string of the molecule is COC1(C(=O)NC(C)c2cc3ccccc3o2)CCNCC1. The fourth-order valence-corrected chi connectivity index (χ4v) is 2.97. The van der Waals surface area contributed by atoms with Crippen LogP contribution in [0.4, 0.5) is 0 Å². The number of nitrogens with one attached hydrogen (secondary N) is 2. The third-order valence-electron chi connectivity index (χ3n) is 4.43. The molecule has 1 atom stereocenters. The van der Waals surface area contributed by atoms with Crippen molar-refractivity contribution in [2.45, 2.75) is 31.4 Å². The van der Waals surface area contributed by atoms with Crippen LogP contribution in [0.1, 0.15) is 31.6 Å². The monoisotopic (exact) mass is 302 g/mol. The molecule has 3 rings (SSSR count). The highest BCUT2D eigenvalue weighted by Crippen LogP contribution is 2.26. The number of rotatable bonds is 4. The second kappa shape index (κ2) is 6.10. The van der Waals surface area contributed by atoms with E-state index in [1.54, 1.807) is 7.11 Å². The number of carbonyl (C=O) groups excluding carboxylic acids is 1. The first-order valence-corrected chi connectivity index (χ1v) is 7.70. The summed E-state index contributed by atoms with van der Waals surface area (Å²) in [5.41, 5.74) is 0.104. The number of fused-ring (bicyclic) bond motifs is 1. The number of amides is 1. The largest absolute Gasteiger partial charge is 0.459 e. The van der Waals surface area contributed by atoms with Crippen LogP contribution in [0.15, 0.2) is 34.7 Å². The number of carbonyl (C=O) groups is 1. The predicted octanol–water partition coefficient (Wildman–Crippen LogP) is 2.38. The van der Waals surface area contributed by atoms with Crippen molar-refractivity contribution in [1.29, 1.82) is 0 Å². The number of hydrogen-bond donors (Lipinski definition) is 2. The van der Waals surface area contributed by atoms with Gasteiger partial charge in [-0.1, -0.05) is 18.2 Å². The molecule has 2 heterocycles. The number of hydrogen-bond acceptors (Lipinski definition) is 4. The zero-order valence-electron chi connectivity index (χ0n) is 13.0. The summed E-state index contributed by atoms with van der Waals surface area (Å²) in [4.78, 5) is 12.6. The molecule has 1 aromatic heterocycles. The van der Waals surface area contributed by atoms with Crippen molar-refractivity contribution in [3.63, 3.8) is 0 Å². The fraction of sp³-hybridized carbons (Fsp3) is 0.471. The molecule has 1 aromatic carbocycles. The van der Waals surface area contributed by atoms with Gasteiger partial charge in [0.15, 0.2) is 0 Å². The van der Waals surface area contributed by atoms with Gasteiger partial charge in [0.1, 0.15) is 16.9 Å². The van der Waals surface area contributed by atoms with E-state index in [1.807, 2.05) is 37.3 Å². The van der Waals surface area contributed by atoms with Crippen LogP contribution >= 0.6 is 0 Å². The molecule has 0 saturated carbocycles. The third kappa shape index (κ3) is 2.74. The van der Waals surface area contributed by atoms with Crippen molar-refractivity contribution in [2.24, 2.45) is 0 Å². The van der Waals surface area contributed by atoms with E-state index < -0.39 is 5.60 Å². The molecule has 1 fully saturated rings. The first-order chi connectivity index (χ1) is 10.6. The molecule has 1 amide bonds. The van der Waals surface area contributed by atoms with Crippen LogP contribution in [-0.2, 0) is 9.53 Å². The Bertz CT molecular complexity index is 626. The lowest BCUT2D eigenvalue weighted by Gasteiger charge is -2.35. The Morgan fingerprint density at radius 3 is 2.77 bits per heavy atom. The van der Waals surface area contributed by atoms with Gasteiger partial charge in [0.25, 0.3) is 5.91 Å². The van der Waals surface area contributed by atoms with Gasteiger partial charge in [0, 0.05) is 12.5 Å². The van der Waals surface area contributed by atoms with Crippen LogP contribution in [0, 0.1) is 0 Å². The molecule has 5 nitrogen and oxygen atoms in total. The van der Waals surface area contributed by atoms with E-state index in [0.29, 0.717) is 12.8 Å². The summed E-state index contributed by atoms with van der Waals surface area (Å²) < 4.78 is 11.4. The molecule has 0 aliphatic carbocycles. The average molecular weight is 302 g/mol. The molecule has 1 aliphatic heterocycles. The van der Waals surface area contributed by atoms with Crippen molar-refractivity contribution in [3.05, 3.63) is 36.1 Å². The molecule has 1 aliphatic rings. The number of para-hydroxylation sites is 1. The summed E-state index contributed by atoms with van der Waals surface area (Å²) in [6.07, 6.45) is 1.37.